The van der Waals surface area contributed by atoms with Crippen LogP contribution < -0.4 is 15.2 Å². The zero-order valence-electron chi connectivity index (χ0n) is 16.8. The predicted molar refractivity (Wildman–Crippen MR) is 119 cm³/mol. The summed E-state index contributed by atoms with van der Waals surface area (Å²) in [6.07, 6.45) is 0. The first-order chi connectivity index (χ1) is 14.5. The van der Waals surface area contributed by atoms with E-state index in [0.29, 0.717) is 11.3 Å². The molecule has 0 spiro atoms. The number of carbonyl (C=O) groups is 1. The summed E-state index contributed by atoms with van der Waals surface area (Å²) in [5, 5.41) is 0. The molecule has 162 valence electrons. The van der Waals surface area contributed by atoms with E-state index in [1.807, 2.05) is 13.0 Å². The number of sulfonamides is 2. The molecule has 31 heavy (non-hydrogen) atoms. The standard InChI is InChI=1S/C21H21N3O5S2/c1-14-4-3-5-17(12-14)24-31(28,29)20-13-18(9-6-15(20)2)23-30(26,27)19-10-7-16(8-11-19)21(22)25/h3-13,23-24H,1-2H3,(H2,22,25). The molecule has 8 nitrogen and oxygen atoms in total. The Labute approximate surface area is 181 Å². The second-order valence-electron chi connectivity index (χ2n) is 6.95. The number of carbonyl (C=O) groups excluding carboxylic acids is 1. The third-order valence-electron chi connectivity index (χ3n) is 4.45. The van der Waals surface area contributed by atoms with Crippen molar-refractivity contribution in [3.05, 3.63) is 83.4 Å². The minimum Gasteiger partial charge on any atom is -0.366 e. The van der Waals surface area contributed by atoms with Gasteiger partial charge in [-0.3, -0.25) is 14.2 Å². The Morgan fingerprint density at radius 3 is 2.00 bits per heavy atom. The molecule has 1 amide bonds. The Morgan fingerprint density at radius 2 is 1.39 bits per heavy atom. The summed E-state index contributed by atoms with van der Waals surface area (Å²) in [6, 6.07) is 16.2. The van der Waals surface area contributed by atoms with Gasteiger partial charge in [-0.1, -0.05) is 18.2 Å². The van der Waals surface area contributed by atoms with Crippen LogP contribution in [0.2, 0.25) is 0 Å². The third-order valence-corrected chi connectivity index (χ3v) is 7.37. The molecule has 0 atom stereocenters. The van der Waals surface area contributed by atoms with Crippen molar-refractivity contribution in [2.75, 3.05) is 9.44 Å². The monoisotopic (exact) mass is 459 g/mol. The molecule has 0 aliphatic rings. The van der Waals surface area contributed by atoms with Crippen LogP contribution in [0.4, 0.5) is 11.4 Å². The van der Waals surface area contributed by atoms with Gasteiger partial charge in [-0.05, 0) is 73.5 Å². The highest BCUT2D eigenvalue weighted by Gasteiger charge is 2.20. The first-order valence-electron chi connectivity index (χ1n) is 9.11. The summed E-state index contributed by atoms with van der Waals surface area (Å²) >= 11 is 0. The van der Waals surface area contributed by atoms with Crippen molar-refractivity contribution in [1.29, 1.82) is 0 Å². The van der Waals surface area contributed by atoms with Crippen molar-refractivity contribution < 1.29 is 21.6 Å². The molecule has 0 unspecified atom stereocenters. The molecule has 3 aromatic rings. The van der Waals surface area contributed by atoms with E-state index in [2.05, 4.69) is 9.44 Å². The summed E-state index contributed by atoms with van der Waals surface area (Å²) in [6.45, 7) is 3.46. The quantitative estimate of drug-likeness (QED) is 0.499. The van der Waals surface area contributed by atoms with Crippen LogP contribution in [0.25, 0.3) is 0 Å². The lowest BCUT2D eigenvalue weighted by atomic mass is 10.2. The summed E-state index contributed by atoms with van der Waals surface area (Å²) in [5.41, 5.74) is 7.16. The number of rotatable bonds is 7. The highest BCUT2D eigenvalue weighted by Crippen LogP contribution is 2.25. The van der Waals surface area contributed by atoms with Gasteiger partial charge in [0.1, 0.15) is 0 Å². The van der Waals surface area contributed by atoms with Gasteiger partial charge in [0.25, 0.3) is 20.0 Å². The van der Waals surface area contributed by atoms with E-state index in [1.54, 1.807) is 25.1 Å². The Hall–Kier alpha value is -3.37. The van der Waals surface area contributed by atoms with Crippen LogP contribution in [0.15, 0.2) is 76.5 Å². The number of benzene rings is 3. The van der Waals surface area contributed by atoms with Gasteiger partial charge in [-0.25, -0.2) is 16.8 Å². The van der Waals surface area contributed by atoms with Gasteiger partial charge in [0.15, 0.2) is 0 Å². The second kappa shape index (κ2) is 8.40. The molecule has 4 N–H and O–H groups in total. The molecular formula is C21H21N3O5S2. The Balaban J connectivity index is 1.90. The Kier molecular flexibility index (Phi) is 6.05. The van der Waals surface area contributed by atoms with E-state index in [1.165, 1.54) is 42.5 Å². The fourth-order valence-electron chi connectivity index (χ4n) is 2.88. The van der Waals surface area contributed by atoms with Gasteiger partial charge in [-0.2, -0.15) is 0 Å². The number of nitrogens with one attached hydrogen (secondary N) is 2. The summed E-state index contributed by atoms with van der Waals surface area (Å²) in [5.74, 6) is -0.675. The number of hydrogen-bond acceptors (Lipinski definition) is 5. The maximum absolute atomic E-state index is 12.9. The van der Waals surface area contributed by atoms with Crippen molar-refractivity contribution in [3.8, 4) is 0 Å². The van der Waals surface area contributed by atoms with Crippen molar-refractivity contribution in [2.45, 2.75) is 23.6 Å². The molecule has 0 saturated carbocycles. The number of nitrogens with two attached hydrogens (primary N) is 1. The number of primary amides is 1. The lowest BCUT2D eigenvalue weighted by Gasteiger charge is -2.14. The van der Waals surface area contributed by atoms with Crippen LogP contribution in [0, 0.1) is 13.8 Å². The van der Waals surface area contributed by atoms with Crippen molar-refractivity contribution in [3.63, 3.8) is 0 Å². The van der Waals surface area contributed by atoms with Crippen molar-refractivity contribution in [2.24, 2.45) is 5.73 Å². The van der Waals surface area contributed by atoms with Crippen LogP contribution >= 0.6 is 0 Å². The largest absolute Gasteiger partial charge is 0.366 e. The molecule has 0 heterocycles. The van der Waals surface area contributed by atoms with E-state index >= 15 is 0 Å². The molecule has 3 rings (SSSR count). The first kappa shape index (κ1) is 22.3. The predicted octanol–water partition coefficient (Wildman–Crippen LogP) is 3.00. The van der Waals surface area contributed by atoms with Crippen LogP contribution in [0.3, 0.4) is 0 Å². The molecule has 3 aromatic carbocycles. The fourth-order valence-corrected chi connectivity index (χ4v) is 5.25. The van der Waals surface area contributed by atoms with Gasteiger partial charge in [0.2, 0.25) is 5.91 Å². The van der Waals surface area contributed by atoms with E-state index in [4.69, 9.17) is 5.73 Å². The van der Waals surface area contributed by atoms with Crippen molar-refractivity contribution in [1.82, 2.24) is 0 Å². The van der Waals surface area contributed by atoms with E-state index in [0.717, 1.165) is 5.56 Å². The van der Waals surface area contributed by atoms with Gasteiger partial charge in [-0.15, -0.1) is 0 Å². The van der Waals surface area contributed by atoms with Crippen LogP contribution in [-0.4, -0.2) is 22.7 Å². The topological polar surface area (TPSA) is 135 Å². The maximum atomic E-state index is 12.9. The van der Waals surface area contributed by atoms with Gasteiger partial charge in [0, 0.05) is 11.3 Å². The minimum atomic E-state index is -4.01. The molecule has 0 aliphatic carbocycles. The summed E-state index contributed by atoms with van der Waals surface area (Å²) in [7, 11) is -7.97. The molecule has 0 radical (unpaired) electrons. The van der Waals surface area contributed by atoms with Gasteiger partial charge >= 0.3 is 0 Å². The summed E-state index contributed by atoms with van der Waals surface area (Å²) < 4.78 is 56.0. The molecular weight excluding hydrogens is 438 g/mol. The van der Waals surface area contributed by atoms with Crippen molar-refractivity contribution >= 4 is 37.3 Å². The Morgan fingerprint density at radius 1 is 0.774 bits per heavy atom. The second-order valence-corrected chi connectivity index (χ2v) is 10.3. The number of hydrogen-bond donors (Lipinski definition) is 3. The molecule has 10 heteroatoms. The highest BCUT2D eigenvalue weighted by atomic mass is 32.2. The average molecular weight is 460 g/mol. The lowest BCUT2D eigenvalue weighted by molar-refractivity contribution is 0.1000. The SMILES string of the molecule is Cc1cccc(NS(=O)(=O)c2cc(NS(=O)(=O)c3ccc(C(N)=O)cc3)ccc2C)c1. The molecule has 0 aromatic heterocycles. The third kappa shape index (κ3) is 5.22. The molecule has 0 fully saturated rings. The molecule has 0 aliphatic heterocycles. The fraction of sp³-hybridized carbons (Fsp3) is 0.0952. The highest BCUT2D eigenvalue weighted by molar-refractivity contribution is 7.93. The molecule has 0 bridgehead atoms. The van der Waals surface area contributed by atoms with Crippen LogP contribution in [0.5, 0.6) is 0 Å². The minimum absolute atomic E-state index is 0.0571. The lowest BCUT2D eigenvalue weighted by Crippen LogP contribution is -2.17. The number of amides is 1. The van der Waals surface area contributed by atoms with Gasteiger partial charge in [0.05, 0.1) is 15.5 Å². The van der Waals surface area contributed by atoms with Crippen LogP contribution in [-0.2, 0) is 20.0 Å². The Bertz CT molecular complexity index is 1350. The number of anilines is 2. The maximum Gasteiger partial charge on any atom is 0.262 e. The van der Waals surface area contributed by atoms with Gasteiger partial charge < -0.3 is 5.73 Å². The summed E-state index contributed by atoms with van der Waals surface area (Å²) in [4.78, 5) is 11.0. The smallest absolute Gasteiger partial charge is 0.262 e. The normalized spacial score (nSPS) is 11.7. The van der Waals surface area contributed by atoms with E-state index < -0.39 is 26.0 Å². The average Bonchev–Trinajstić information content (AvgIpc) is 2.69. The zero-order valence-corrected chi connectivity index (χ0v) is 18.4. The zero-order chi connectivity index (χ0) is 22.8. The first-order valence-corrected chi connectivity index (χ1v) is 12.1. The number of aryl methyl sites for hydroxylation is 2. The van der Waals surface area contributed by atoms with Crippen LogP contribution in [0.1, 0.15) is 21.5 Å². The molecule has 0 saturated heterocycles. The van der Waals surface area contributed by atoms with E-state index in [-0.39, 0.29) is 21.0 Å². The van der Waals surface area contributed by atoms with E-state index in [9.17, 15) is 21.6 Å².